The Hall–Kier alpha value is 0.110. The standard InChI is InChI=1S/C28H58O.H3O3P/c1-3-5-7-9-11-13-15-17-19-21-23-25-27-29-28-26-24-22-20-18-16-14-12-10-8-6-4-2;1-4(2)3/h3-28H2,1-2H3;4H,(H2,1,2,3). The van der Waals surface area contributed by atoms with Gasteiger partial charge in [0, 0.05) is 13.2 Å². The Morgan fingerprint density at radius 2 is 0.606 bits per heavy atom. The third-order valence-electron chi connectivity index (χ3n) is 6.28. The van der Waals surface area contributed by atoms with Crippen molar-refractivity contribution in [1.29, 1.82) is 0 Å². The summed E-state index contributed by atoms with van der Waals surface area (Å²) in [6.07, 6.45) is 34.1. The summed E-state index contributed by atoms with van der Waals surface area (Å²) in [5.41, 5.74) is 0. The van der Waals surface area contributed by atoms with Crippen LogP contribution >= 0.6 is 8.25 Å². The zero-order chi connectivity index (χ0) is 24.7. The van der Waals surface area contributed by atoms with Gasteiger partial charge in [0.05, 0.1) is 0 Å². The summed E-state index contributed by atoms with van der Waals surface area (Å²) in [7, 11) is -3.13. The Labute approximate surface area is 208 Å². The topological polar surface area (TPSA) is 66.8 Å². The molecule has 0 aromatic heterocycles. The van der Waals surface area contributed by atoms with Gasteiger partial charge in [-0.3, -0.25) is 4.57 Å². The summed E-state index contributed by atoms with van der Waals surface area (Å²) in [5.74, 6) is 0. The van der Waals surface area contributed by atoms with Gasteiger partial charge in [-0.25, -0.2) is 0 Å². The zero-order valence-electron chi connectivity index (χ0n) is 22.6. The molecule has 0 fully saturated rings. The van der Waals surface area contributed by atoms with Gasteiger partial charge in [-0.15, -0.1) is 0 Å². The molecule has 0 saturated heterocycles. The first-order chi connectivity index (χ1) is 16.1. The van der Waals surface area contributed by atoms with Crippen LogP contribution in [0.25, 0.3) is 0 Å². The van der Waals surface area contributed by atoms with Crippen LogP contribution in [0.4, 0.5) is 0 Å². The Morgan fingerprint density at radius 1 is 0.424 bits per heavy atom. The molecule has 2 N–H and O–H groups in total. The van der Waals surface area contributed by atoms with E-state index in [0.29, 0.717) is 0 Å². The Kier molecular flexibility index (Phi) is 36.6. The maximum Gasteiger partial charge on any atom is 0.314 e. The largest absolute Gasteiger partial charge is 0.381 e. The predicted octanol–water partition coefficient (Wildman–Crippen LogP) is 9.77. The molecule has 0 aliphatic rings. The normalized spacial score (nSPS) is 11.1. The maximum absolute atomic E-state index is 8.74. The van der Waals surface area contributed by atoms with E-state index in [0.717, 1.165) is 13.2 Å². The van der Waals surface area contributed by atoms with Crippen LogP contribution in [0.15, 0.2) is 0 Å². The highest BCUT2D eigenvalue weighted by atomic mass is 31.1. The van der Waals surface area contributed by atoms with Crippen LogP contribution in [-0.2, 0) is 9.30 Å². The van der Waals surface area contributed by atoms with Gasteiger partial charge in [-0.05, 0) is 12.8 Å². The lowest BCUT2D eigenvalue weighted by Crippen LogP contribution is -1.97. The molecule has 0 radical (unpaired) electrons. The van der Waals surface area contributed by atoms with E-state index in [9.17, 15) is 0 Å². The van der Waals surface area contributed by atoms with Crippen LogP contribution in [0.2, 0.25) is 0 Å². The molecule has 0 aliphatic carbocycles. The van der Waals surface area contributed by atoms with Gasteiger partial charge in [-0.1, -0.05) is 155 Å². The molecular formula is C28H61O4P. The molecular weight excluding hydrogens is 431 g/mol. The van der Waals surface area contributed by atoms with Gasteiger partial charge in [0.25, 0.3) is 0 Å². The van der Waals surface area contributed by atoms with Gasteiger partial charge in [-0.2, -0.15) is 0 Å². The van der Waals surface area contributed by atoms with Crippen molar-refractivity contribution in [3.8, 4) is 0 Å². The minimum Gasteiger partial charge on any atom is -0.381 e. The van der Waals surface area contributed by atoms with E-state index in [1.54, 1.807) is 0 Å². The van der Waals surface area contributed by atoms with E-state index in [2.05, 4.69) is 13.8 Å². The van der Waals surface area contributed by atoms with E-state index >= 15 is 0 Å². The minimum absolute atomic E-state index is 0.995. The van der Waals surface area contributed by atoms with Crippen molar-refractivity contribution >= 4 is 8.25 Å². The summed E-state index contributed by atoms with van der Waals surface area (Å²) in [6, 6.07) is 0. The first kappa shape index (κ1) is 35.3. The average molecular weight is 493 g/mol. The van der Waals surface area contributed by atoms with Gasteiger partial charge in [0.1, 0.15) is 0 Å². The van der Waals surface area contributed by atoms with E-state index in [4.69, 9.17) is 19.1 Å². The lowest BCUT2D eigenvalue weighted by molar-refractivity contribution is 0.125. The lowest BCUT2D eigenvalue weighted by atomic mass is 10.1. The Balaban J connectivity index is 0. The van der Waals surface area contributed by atoms with Crippen molar-refractivity contribution in [1.82, 2.24) is 0 Å². The minimum atomic E-state index is -3.13. The molecule has 0 heterocycles. The number of hydrogen-bond acceptors (Lipinski definition) is 2. The quantitative estimate of drug-likeness (QED) is 0.0931. The predicted molar refractivity (Wildman–Crippen MR) is 146 cm³/mol. The number of unbranched alkanes of at least 4 members (excludes halogenated alkanes) is 22. The summed E-state index contributed by atoms with van der Waals surface area (Å²) in [4.78, 5) is 14.3. The van der Waals surface area contributed by atoms with Gasteiger partial charge in [0.15, 0.2) is 0 Å². The maximum atomic E-state index is 8.74. The molecule has 0 unspecified atom stereocenters. The monoisotopic (exact) mass is 492 g/mol. The first-order valence-electron chi connectivity index (χ1n) is 14.6. The van der Waals surface area contributed by atoms with E-state index < -0.39 is 8.25 Å². The summed E-state index contributed by atoms with van der Waals surface area (Å²) < 4.78 is 14.6. The van der Waals surface area contributed by atoms with E-state index in [1.165, 1.54) is 154 Å². The zero-order valence-corrected chi connectivity index (χ0v) is 23.6. The van der Waals surface area contributed by atoms with Gasteiger partial charge >= 0.3 is 8.25 Å². The molecule has 0 aliphatic heterocycles. The average Bonchev–Trinajstić information content (AvgIpc) is 2.79. The van der Waals surface area contributed by atoms with Crippen molar-refractivity contribution in [2.24, 2.45) is 0 Å². The number of ether oxygens (including phenoxy) is 1. The molecule has 4 nitrogen and oxygen atoms in total. The molecule has 0 aromatic rings. The highest BCUT2D eigenvalue weighted by Gasteiger charge is 1.96. The summed E-state index contributed by atoms with van der Waals surface area (Å²) in [6.45, 7) is 6.58. The van der Waals surface area contributed by atoms with Crippen LogP contribution in [0, 0.1) is 0 Å². The molecule has 0 amide bonds. The molecule has 0 saturated carbocycles. The van der Waals surface area contributed by atoms with E-state index in [1.807, 2.05) is 0 Å². The molecule has 0 aromatic carbocycles. The summed E-state index contributed by atoms with van der Waals surface area (Å²) in [5, 5.41) is 0. The first-order valence-corrected chi connectivity index (χ1v) is 15.9. The molecule has 0 rings (SSSR count). The van der Waals surface area contributed by atoms with Crippen LogP contribution in [0.1, 0.15) is 168 Å². The smallest absolute Gasteiger partial charge is 0.314 e. The highest BCUT2D eigenvalue weighted by Crippen LogP contribution is 2.13. The second-order valence-corrected chi connectivity index (χ2v) is 10.2. The van der Waals surface area contributed by atoms with E-state index in [-0.39, 0.29) is 0 Å². The van der Waals surface area contributed by atoms with Crippen LogP contribution < -0.4 is 0 Å². The molecule has 0 atom stereocenters. The van der Waals surface area contributed by atoms with Crippen molar-refractivity contribution in [2.45, 2.75) is 168 Å². The van der Waals surface area contributed by atoms with Gasteiger partial charge < -0.3 is 14.5 Å². The van der Waals surface area contributed by atoms with Crippen LogP contribution in [0.3, 0.4) is 0 Å². The van der Waals surface area contributed by atoms with Crippen molar-refractivity contribution in [3.63, 3.8) is 0 Å². The fraction of sp³-hybridized carbons (Fsp3) is 1.00. The van der Waals surface area contributed by atoms with Crippen molar-refractivity contribution < 1.29 is 19.1 Å². The second-order valence-electron chi connectivity index (χ2n) is 9.67. The molecule has 0 spiro atoms. The Bertz CT molecular complexity index is 323. The third-order valence-corrected chi connectivity index (χ3v) is 6.28. The summed E-state index contributed by atoms with van der Waals surface area (Å²) >= 11 is 0. The van der Waals surface area contributed by atoms with Crippen molar-refractivity contribution in [2.75, 3.05) is 13.2 Å². The lowest BCUT2D eigenvalue weighted by Gasteiger charge is -2.05. The Morgan fingerprint density at radius 3 is 0.818 bits per heavy atom. The fourth-order valence-electron chi connectivity index (χ4n) is 4.19. The third kappa shape index (κ3) is 42.7. The van der Waals surface area contributed by atoms with Crippen LogP contribution in [0.5, 0.6) is 0 Å². The number of hydrogen-bond donors (Lipinski definition) is 2. The molecule has 0 bridgehead atoms. The second kappa shape index (κ2) is 34.3. The van der Waals surface area contributed by atoms with Gasteiger partial charge in [0.2, 0.25) is 0 Å². The highest BCUT2D eigenvalue weighted by molar-refractivity contribution is 7.30. The van der Waals surface area contributed by atoms with Crippen molar-refractivity contribution in [3.05, 3.63) is 0 Å². The molecule has 5 heteroatoms. The SMILES string of the molecule is CCCCCCCCCCCCCCOCCCCCCCCCCCCCC.O=[PH](O)O. The molecule has 33 heavy (non-hydrogen) atoms. The number of rotatable bonds is 26. The fourth-order valence-corrected chi connectivity index (χ4v) is 4.19. The van der Waals surface area contributed by atoms with Crippen LogP contribution in [-0.4, -0.2) is 23.0 Å². The molecule has 202 valence electrons.